The lowest BCUT2D eigenvalue weighted by molar-refractivity contribution is 0.222. The third-order valence-corrected chi connectivity index (χ3v) is 5.34. The lowest BCUT2D eigenvalue weighted by Gasteiger charge is -2.27. The van der Waals surface area contributed by atoms with Crippen LogP contribution in [0, 0.1) is 0 Å². The number of rotatable bonds is 5. The molecule has 2 atom stereocenters. The molecule has 3 rings (SSSR count). The smallest absolute Gasteiger partial charge is 0.315 e. The highest BCUT2D eigenvalue weighted by molar-refractivity contribution is 7.99. The molecule has 24 heavy (non-hydrogen) atoms. The minimum absolute atomic E-state index is 0.0138. The van der Waals surface area contributed by atoms with E-state index in [0.29, 0.717) is 6.54 Å². The molecular formula is C18H23N3O2S. The maximum atomic E-state index is 12.3. The molecule has 2 aromatic rings. The first-order chi connectivity index (χ1) is 11.6. The summed E-state index contributed by atoms with van der Waals surface area (Å²) in [6.07, 6.45) is 2.60. The van der Waals surface area contributed by atoms with Gasteiger partial charge >= 0.3 is 6.03 Å². The van der Waals surface area contributed by atoms with Gasteiger partial charge in [-0.15, -0.1) is 11.8 Å². The molecule has 1 aromatic heterocycles. The van der Waals surface area contributed by atoms with E-state index in [1.807, 2.05) is 55.0 Å². The Bertz CT molecular complexity index is 673. The number of thioether (sulfide) groups is 1. The number of carbonyl (C=O) groups is 1. The van der Waals surface area contributed by atoms with E-state index < -0.39 is 0 Å². The highest BCUT2D eigenvalue weighted by Gasteiger charge is 2.23. The number of likely N-dealkylation sites (N-methyl/N-ethyl adjacent to an activating group) is 1. The molecule has 0 saturated carbocycles. The van der Waals surface area contributed by atoms with Crippen LogP contribution in [-0.4, -0.2) is 37.3 Å². The molecule has 0 saturated heterocycles. The van der Waals surface area contributed by atoms with Crippen molar-refractivity contribution < 1.29 is 9.21 Å². The number of nitrogens with one attached hydrogen (secondary N) is 2. The minimum Gasteiger partial charge on any atom is -0.468 e. The fraction of sp³-hybridized carbons (Fsp3) is 0.389. The zero-order valence-electron chi connectivity index (χ0n) is 14.0. The Hall–Kier alpha value is -1.92. The highest BCUT2D eigenvalue weighted by atomic mass is 32.2. The van der Waals surface area contributed by atoms with Crippen LogP contribution in [-0.2, 0) is 0 Å². The number of furan rings is 1. The van der Waals surface area contributed by atoms with Gasteiger partial charge in [0.15, 0.2) is 0 Å². The maximum Gasteiger partial charge on any atom is 0.315 e. The molecule has 1 aliphatic rings. The zero-order chi connectivity index (χ0) is 16.9. The van der Waals surface area contributed by atoms with Crippen molar-refractivity contribution in [2.75, 3.05) is 26.4 Å². The molecule has 2 amide bonds. The molecule has 0 fully saturated rings. The van der Waals surface area contributed by atoms with Gasteiger partial charge in [-0.3, -0.25) is 4.90 Å². The quantitative estimate of drug-likeness (QED) is 0.872. The molecule has 5 nitrogen and oxygen atoms in total. The fourth-order valence-electron chi connectivity index (χ4n) is 2.91. The van der Waals surface area contributed by atoms with Gasteiger partial charge in [0.05, 0.1) is 18.3 Å². The Morgan fingerprint density at radius 1 is 1.33 bits per heavy atom. The first kappa shape index (κ1) is 16.9. The van der Waals surface area contributed by atoms with Crippen LogP contribution < -0.4 is 10.6 Å². The Labute approximate surface area is 146 Å². The standard InChI is InChI=1S/C18H23N3O2S/c1-21(2)15(16-7-5-10-23-16)12-19-18(22)20-14-9-11-24-17-8-4-3-6-13(14)17/h3-8,10,14-15H,9,11-12H2,1-2H3,(H2,19,20,22)/t14-,15-/m0/s1. The van der Waals surface area contributed by atoms with E-state index in [4.69, 9.17) is 4.42 Å². The van der Waals surface area contributed by atoms with Crippen molar-refractivity contribution in [3.8, 4) is 0 Å². The Kier molecular flexibility index (Phi) is 5.48. The SMILES string of the molecule is CN(C)[C@@H](CNC(=O)N[C@H]1CCSc2ccccc21)c1ccco1. The summed E-state index contributed by atoms with van der Waals surface area (Å²) in [4.78, 5) is 15.6. The van der Waals surface area contributed by atoms with Crippen LogP contribution in [0.1, 0.15) is 29.8 Å². The third kappa shape index (κ3) is 3.94. The molecule has 0 spiro atoms. The minimum atomic E-state index is -0.139. The van der Waals surface area contributed by atoms with E-state index in [1.54, 1.807) is 6.26 Å². The summed E-state index contributed by atoms with van der Waals surface area (Å²) < 4.78 is 5.47. The normalized spacial score (nSPS) is 18.0. The molecule has 0 aliphatic carbocycles. The summed E-state index contributed by atoms with van der Waals surface area (Å²) in [6.45, 7) is 0.495. The summed E-state index contributed by atoms with van der Waals surface area (Å²) in [5, 5.41) is 6.07. The van der Waals surface area contributed by atoms with Crippen LogP contribution in [0.25, 0.3) is 0 Å². The monoisotopic (exact) mass is 345 g/mol. The second-order valence-electron chi connectivity index (χ2n) is 6.08. The Morgan fingerprint density at radius 3 is 2.92 bits per heavy atom. The number of amides is 2. The molecule has 2 N–H and O–H groups in total. The number of hydrogen-bond donors (Lipinski definition) is 2. The van der Waals surface area contributed by atoms with Crippen LogP contribution in [0.2, 0.25) is 0 Å². The number of nitrogens with zero attached hydrogens (tertiary/aromatic N) is 1. The topological polar surface area (TPSA) is 57.5 Å². The molecule has 128 valence electrons. The van der Waals surface area contributed by atoms with Crippen LogP contribution in [0.4, 0.5) is 4.79 Å². The molecule has 0 unspecified atom stereocenters. The van der Waals surface area contributed by atoms with E-state index in [-0.39, 0.29) is 18.1 Å². The Balaban J connectivity index is 1.58. The van der Waals surface area contributed by atoms with Gasteiger partial charge < -0.3 is 15.1 Å². The van der Waals surface area contributed by atoms with E-state index in [9.17, 15) is 4.79 Å². The molecule has 0 radical (unpaired) electrons. The molecule has 6 heteroatoms. The molecule has 0 bridgehead atoms. The predicted octanol–water partition coefficient (Wildman–Crippen LogP) is 3.42. The third-order valence-electron chi connectivity index (χ3n) is 4.21. The molecular weight excluding hydrogens is 322 g/mol. The van der Waals surface area contributed by atoms with Crippen molar-refractivity contribution >= 4 is 17.8 Å². The number of hydrogen-bond acceptors (Lipinski definition) is 4. The maximum absolute atomic E-state index is 12.3. The average molecular weight is 345 g/mol. The van der Waals surface area contributed by atoms with Crippen molar-refractivity contribution in [2.45, 2.75) is 23.4 Å². The van der Waals surface area contributed by atoms with Crippen LogP contribution >= 0.6 is 11.8 Å². The lowest BCUT2D eigenvalue weighted by Crippen LogP contribution is -2.42. The van der Waals surface area contributed by atoms with Gasteiger partial charge in [-0.05, 0) is 44.3 Å². The van der Waals surface area contributed by atoms with Gasteiger partial charge in [0.2, 0.25) is 0 Å². The largest absolute Gasteiger partial charge is 0.468 e. The van der Waals surface area contributed by atoms with Crippen molar-refractivity contribution in [2.24, 2.45) is 0 Å². The van der Waals surface area contributed by atoms with Gasteiger partial charge in [0.25, 0.3) is 0 Å². The van der Waals surface area contributed by atoms with Gasteiger partial charge in [0.1, 0.15) is 5.76 Å². The summed E-state index contributed by atoms with van der Waals surface area (Å²) in [5.74, 6) is 1.87. The average Bonchev–Trinajstić information content (AvgIpc) is 3.09. The van der Waals surface area contributed by atoms with Crippen molar-refractivity contribution in [1.29, 1.82) is 0 Å². The second kappa shape index (κ2) is 7.77. The van der Waals surface area contributed by atoms with Crippen LogP contribution in [0.15, 0.2) is 52.0 Å². The van der Waals surface area contributed by atoms with Crippen LogP contribution in [0.5, 0.6) is 0 Å². The summed E-state index contributed by atoms with van der Waals surface area (Å²) in [6, 6.07) is 12.0. The molecule has 1 aliphatic heterocycles. The van der Waals surface area contributed by atoms with Crippen LogP contribution in [0.3, 0.4) is 0 Å². The van der Waals surface area contributed by atoms with Crippen molar-refractivity contribution in [3.05, 3.63) is 54.0 Å². The van der Waals surface area contributed by atoms with Crippen molar-refractivity contribution in [1.82, 2.24) is 15.5 Å². The highest BCUT2D eigenvalue weighted by Crippen LogP contribution is 2.35. The van der Waals surface area contributed by atoms with Gasteiger partial charge in [-0.1, -0.05) is 18.2 Å². The van der Waals surface area contributed by atoms with E-state index >= 15 is 0 Å². The summed E-state index contributed by atoms with van der Waals surface area (Å²) >= 11 is 1.85. The Morgan fingerprint density at radius 2 is 2.17 bits per heavy atom. The van der Waals surface area contributed by atoms with E-state index in [2.05, 4.69) is 22.8 Å². The van der Waals surface area contributed by atoms with Gasteiger partial charge in [0, 0.05) is 17.2 Å². The molecule has 2 heterocycles. The van der Waals surface area contributed by atoms with Crippen molar-refractivity contribution in [3.63, 3.8) is 0 Å². The van der Waals surface area contributed by atoms with Gasteiger partial charge in [-0.2, -0.15) is 0 Å². The fourth-order valence-corrected chi connectivity index (χ4v) is 4.03. The number of benzene rings is 1. The summed E-state index contributed by atoms with van der Waals surface area (Å²) in [5.41, 5.74) is 1.21. The lowest BCUT2D eigenvalue weighted by atomic mass is 10.0. The zero-order valence-corrected chi connectivity index (χ0v) is 14.8. The predicted molar refractivity (Wildman–Crippen MR) is 96.2 cm³/mol. The first-order valence-electron chi connectivity index (χ1n) is 8.11. The molecule has 1 aromatic carbocycles. The van der Waals surface area contributed by atoms with Gasteiger partial charge in [-0.25, -0.2) is 4.79 Å². The number of carbonyl (C=O) groups excluding carboxylic acids is 1. The summed E-state index contributed by atoms with van der Waals surface area (Å²) in [7, 11) is 3.95. The van der Waals surface area contributed by atoms with E-state index in [0.717, 1.165) is 17.9 Å². The van der Waals surface area contributed by atoms with E-state index in [1.165, 1.54) is 10.5 Å². The number of urea groups is 1. The number of fused-ring (bicyclic) bond motifs is 1. The first-order valence-corrected chi connectivity index (χ1v) is 9.09. The second-order valence-corrected chi connectivity index (χ2v) is 7.21.